The zero-order valence-electron chi connectivity index (χ0n) is 16.9. The second-order valence-corrected chi connectivity index (χ2v) is 11.0. The Labute approximate surface area is 201 Å². The molecule has 0 spiro atoms. The van der Waals surface area contributed by atoms with Crippen LogP contribution in [-0.2, 0) is 0 Å². The highest BCUT2D eigenvalue weighted by Gasteiger charge is 2.20. The van der Waals surface area contributed by atoms with E-state index in [2.05, 4.69) is 13.8 Å². The van der Waals surface area contributed by atoms with Gasteiger partial charge in [0.05, 0.1) is 0 Å². The quantitative estimate of drug-likeness (QED) is 0.275. The van der Waals surface area contributed by atoms with E-state index in [1.54, 1.807) is 57.5 Å². The van der Waals surface area contributed by atoms with E-state index in [0.29, 0.717) is 0 Å². The summed E-state index contributed by atoms with van der Waals surface area (Å²) in [5.74, 6) is 0. The average Bonchev–Trinajstić information content (AvgIpc) is 3.57. The molecular weight excluding hydrogens is 473 g/mol. The van der Waals surface area contributed by atoms with E-state index >= 15 is 0 Å². The molecule has 4 aromatic rings. The maximum atomic E-state index is 8.98. The molecule has 0 unspecified atom stereocenters. The molecular formula is C24H12N4S4. The molecule has 0 aliphatic rings. The van der Waals surface area contributed by atoms with Crippen molar-refractivity contribution in [3.63, 3.8) is 0 Å². The fraction of sp³-hybridized carbons (Fsp3) is 0.0833. The van der Waals surface area contributed by atoms with Crippen molar-refractivity contribution in [3.05, 3.63) is 56.3 Å². The molecule has 8 heteroatoms. The van der Waals surface area contributed by atoms with E-state index < -0.39 is 0 Å². The molecule has 0 fully saturated rings. The van der Waals surface area contributed by atoms with Crippen molar-refractivity contribution in [2.24, 2.45) is 0 Å². The first-order valence-electron chi connectivity index (χ1n) is 9.25. The van der Waals surface area contributed by atoms with Crippen LogP contribution in [0.1, 0.15) is 20.9 Å². The highest BCUT2D eigenvalue weighted by Crippen LogP contribution is 2.50. The van der Waals surface area contributed by atoms with Crippen molar-refractivity contribution in [3.8, 4) is 43.8 Å². The van der Waals surface area contributed by atoms with E-state index in [0.717, 1.165) is 19.5 Å². The largest absolute Gasteiger partial charge is 0.192 e. The van der Waals surface area contributed by atoms with Gasteiger partial charge in [0.15, 0.2) is 0 Å². The molecule has 0 aliphatic carbocycles. The molecule has 0 saturated carbocycles. The summed E-state index contributed by atoms with van der Waals surface area (Å²) in [6, 6.07) is 15.6. The standard InChI is InChI=1S/C24H12N4S4/c1-13-21(19-5-3-17(29-19)7-15(9-25)10-26)31-24-14(2)22(32-23(13)24)20-6-4-18(30-20)8-16(11-27)12-28/h3-8H,1-2H3. The summed E-state index contributed by atoms with van der Waals surface area (Å²) in [6.07, 6.45) is 3.24. The summed E-state index contributed by atoms with van der Waals surface area (Å²) < 4.78 is 2.52. The van der Waals surface area contributed by atoms with Crippen LogP contribution in [0.3, 0.4) is 0 Å². The van der Waals surface area contributed by atoms with Crippen LogP contribution in [-0.4, -0.2) is 0 Å². The number of nitriles is 4. The first-order chi connectivity index (χ1) is 15.5. The van der Waals surface area contributed by atoms with Gasteiger partial charge in [-0.3, -0.25) is 0 Å². The summed E-state index contributed by atoms with van der Waals surface area (Å²) in [6.45, 7) is 4.27. The van der Waals surface area contributed by atoms with Crippen LogP contribution in [0.2, 0.25) is 0 Å². The molecule has 4 aromatic heterocycles. The van der Waals surface area contributed by atoms with E-state index in [9.17, 15) is 0 Å². The molecule has 4 heterocycles. The lowest BCUT2D eigenvalue weighted by molar-refractivity contribution is 1.47. The van der Waals surface area contributed by atoms with Gasteiger partial charge >= 0.3 is 0 Å². The first-order valence-corrected chi connectivity index (χ1v) is 12.5. The lowest BCUT2D eigenvalue weighted by atomic mass is 10.2. The smallest absolute Gasteiger partial charge is 0.131 e. The van der Waals surface area contributed by atoms with Crippen molar-refractivity contribution < 1.29 is 0 Å². The van der Waals surface area contributed by atoms with Gasteiger partial charge in [-0.2, -0.15) is 21.0 Å². The maximum Gasteiger partial charge on any atom is 0.131 e. The van der Waals surface area contributed by atoms with Gasteiger partial charge < -0.3 is 0 Å². The van der Waals surface area contributed by atoms with Crippen molar-refractivity contribution in [1.82, 2.24) is 0 Å². The fourth-order valence-corrected chi connectivity index (χ4v) is 8.22. The number of hydrogen-bond acceptors (Lipinski definition) is 8. The predicted octanol–water partition coefficient (Wildman–Crippen LogP) is 7.90. The zero-order chi connectivity index (χ0) is 22.8. The lowest BCUT2D eigenvalue weighted by Gasteiger charge is -1.97. The number of thiophene rings is 4. The molecule has 32 heavy (non-hydrogen) atoms. The number of aryl methyl sites for hydroxylation is 2. The number of hydrogen-bond donors (Lipinski definition) is 0. The molecule has 0 N–H and O–H groups in total. The number of fused-ring (bicyclic) bond motifs is 1. The summed E-state index contributed by atoms with van der Waals surface area (Å²) >= 11 is 6.68. The minimum absolute atomic E-state index is 0.101. The molecule has 0 radical (unpaired) electrons. The molecule has 0 aromatic carbocycles. The van der Waals surface area contributed by atoms with Gasteiger partial charge in [0.2, 0.25) is 0 Å². The third-order valence-corrected chi connectivity index (χ3v) is 10.1. The Hall–Kier alpha value is -3.50. The highest BCUT2D eigenvalue weighted by atomic mass is 32.1. The first kappa shape index (κ1) is 21.7. The third-order valence-electron chi connectivity index (χ3n) is 4.73. The number of allylic oxidation sites excluding steroid dienone is 2. The molecule has 0 aliphatic heterocycles. The normalized spacial score (nSPS) is 10.1. The van der Waals surface area contributed by atoms with Crippen LogP contribution < -0.4 is 0 Å². The van der Waals surface area contributed by atoms with Gasteiger partial charge in [0.25, 0.3) is 0 Å². The Kier molecular flexibility index (Phi) is 6.06. The number of nitrogens with zero attached hydrogens (tertiary/aromatic N) is 4. The van der Waals surface area contributed by atoms with Crippen molar-refractivity contribution >= 4 is 66.9 Å². The van der Waals surface area contributed by atoms with Crippen LogP contribution in [0, 0.1) is 59.2 Å². The van der Waals surface area contributed by atoms with Crippen LogP contribution in [0.4, 0.5) is 0 Å². The van der Waals surface area contributed by atoms with E-state index in [1.165, 1.54) is 30.3 Å². The molecule has 4 rings (SSSR count). The molecule has 4 nitrogen and oxygen atoms in total. The highest BCUT2D eigenvalue weighted by molar-refractivity contribution is 7.34. The van der Waals surface area contributed by atoms with Gasteiger partial charge in [0.1, 0.15) is 35.4 Å². The van der Waals surface area contributed by atoms with Crippen molar-refractivity contribution in [2.75, 3.05) is 0 Å². The summed E-state index contributed by atoms with van der Waals surface area (Å²) in [5.41, 5.74) is 2.67. The van der Waals surface area contributed by atoms with Gasteiger partial charge in [-0.05, 0) is 61.4 Å². The second-order valence-electron chi connectivity index (χ2n) is 6.74. The van der Waals surface area contributed by atoms with Crippen molar-refractivity contribution in [2.45, 2.75) is 13.8 Å². The van der Waals surface area contributed by atoms with Crippen LogP contribution in [0.15, 0.2) is 35.4 Å². The number of rotatable bonds is 4. The van der Waals surface area contributed by atoms with E-state index in [-0.39, 0.29) is 11.1 Å². The summed E-state index contributed by atoms with van der Waals surface area (Å²) in [7, 11) is 0. The Morgan fingerprint density at radius 1 is 0.625 bits per heavy atom. The fourth-order valence-electron chi connectivity index (χ4n) is 3.19. The minimum Gasteiger partial charge on any atom is -0.192 e. The topological polar surface area (TPSA) is 95.2 Å². The average molecular weight is 485 g/mol. The Balaban J connectivity index is 1.72. The van der Waals surface area contributed by atoms with Crippen molar-refractivity contribution in [1.29, 1.82) is 21.0 Å². The van der Waals surface area contributed by atoms with Crippen LogP contribution >= 0.6 is 45.3 Å². The van der Waals surface area contributed by atoms with Gasteiger partial charge in [-0.25, -0.2) is 0 Å². The molecule has 0 amide bonds. The molecule has 152 valence electrons. The van der Waals surface area contributed by atoms with Gasteiger partial charge in [0, 0.05) is 38.7 Å². The summed E-state index contributed by atoms with van der Waals surface area (Å²) in [5, 5.41) is 35.9. The predicted molar refractivity (Wildman–Crippen MR) is 134 cm³/mol. The van der Waals surface area contributed by atoms with E-state index in [1.807, 2.05) is 48.5 Å². The Morgan fingerprint density at radius 3 is 1.34 bits per heavy atom. The minimum atomic E-state index is 0.101. The van der Waals surface area contributed by atoms with Crippen LogP contribution in [0.5, 0.6) is 0 Å². The lowest BCUT2D eigenvalue weighted by Crippen LogP contribution is -1.70. The van der Waals surface area contributed by atoms with Gasteiger partial charge in [-0.15, -0.1) is 45.3 Å². The molecule has 0 saturated heterocycles. The molecule has 0 bridgehead atoms. The third kappa shape index (κ3) is 3.90. The second kappa shape index (κ2) is 8.93. The Bertz CT molecular complexity index is 1440. The zero-order valence-corrected chi connectivity index (χ0v) is 20.2. The van der Waals surface area contributed by atoms with Gasteiger partial charge in [-0.1, -0.05) is 0 Å². The van der Waals surface area contributed by atoms with Crippen LogP contribution in [0.25, 0.3) is 41.1 Å². The van der Waals surface area contributed by atoms with E-state index in [4.69, 9.17) is 21.0 Å². The monoisotopic (exact) mass is 484 g/mol. The Morgan fingerprint density at radius 2 is 1.00 bits per heavy atom. The summed E-state index contributed by atoms with van der Waals surface area (Å²) in [4.78, 5) is 6.46. The molecule has 0 atom stereocenters. The maximum absolute atomic E-state index is 8.98. The SMILES string of the molecule is Cc1c(-c2ccc(C=C(C#N)C#N)s2)sc2c(C)c(-c3ccc(C=C(C#N)C#N)s3)sc12.